The lowest BCUT2D eigenvalue weighted by molar-refractivity contribution is -0.136. The van der Waals surface area contributed by atoms with Crippen molar-refractivity contribution < 1.29 is 28.2 Å². The van der Waals surface area contributed by atoms with Gasteiger partial charge in [0.05, 0.1) is 18.9 Å². The van der Waals surface area contributed by atoms with Gasteiger partial charge in [0.15, 0.2) is 0 Å². The molecule has 3 rings (SSSR count). The number of anilines is 1. The number of rotatable bonds is 6. The van der Waals surface area contributed by atoms with Gasteiger partial charge in [-0.05, 0) is 66.2 Å². The van der Waals surface area contributed by atoms with Crippen LogP contribution in [0.25, 0.3) is 0 Å². The SMILES string of the molecule is COc1ccc(C(=O)Oc2cccc(C=NNC(=O)C(=O)Nc3ccc(F)cc3)c2)cc1. The smallest absolute Gasteiger partial charge is 0.343 e. The van der Waals surface area contributed by atoms with Crippen LogP contribution in [0.5, 0.6) is 11.5 Å². The Morgan fingerprint density at radius 2 is 1.62 bits per heavy atom. The molecule has 162 valence electrons. The maximum atomic E-state index is 12.9. The Bertz CT molecular complexity index is 1150. The topological polar surface area (TPSA) is 106 Å². The molecule has 0 aromatic heterocycles. The number of halogens is 1. The summed E-state index contributed by atoms with van der Waals surface area (Å²) >= 11 is 0. The van der Waals surface area contributed by atoms with E-state index in [4.69, 9.17) is 9.47 Å². The van der Waals surface area contributed by atoms with Gasteiger partial charge in [-0.15, -0.1) is 0 Å². The Hall–Kier alpha value is -4.53. The van der Waals surface area contributed by atoms with Gasteiger partial charge in [-0.1, -0.05) is 12.1 Å². The quantitative estimate of drug-likeness (QED) is 0.203. The number of methoxy groups -OCH3 is 1. The average Bonchev–Trinajstić information content (AvgIpc) is 2.80. The van der Waals surface area contributed by atoms with Gasteiger partial charge in [-0.25, -0.2) is 14.6 Å². The summed E-state index contributed by atoms with van der Waals surface area (Å²) in [5.74, 6) is -2.09. The first-order chi connectivity index (χ1) is 15.4. The van der Waals surface area contributed by atoms with E-state index in [1.165, 1.54) is 31.5 Å². The van der Waals surface area contributed by atoms with Crippen LogP contribution in [0.1, 0.15) is 15.9 Å². The molecular weight excluding hydrogens is 417 g/mol. The molecule has 0 spiro atoms. The Kier molecular flexibility index (Phi) is 7.26. The van der Waals surface area contributed by atoms with Crippen LogP contribution in [-0.2, 0) is 9.59 Å². The lowest BCUT2D eigenvalue weighted by Gasteiger charge is -2.06. The van der Waals surface area contributed by atoms with Crippen LogP contribution in [0.15, 0.2) is 77.9 Å². The third kappa shape index (κ3) is 6.23. The minimum Gasteiger partial charge on any atom is -0.497 e. The molecule has 0 saturated heterocycles. The average molecular weight is 435 g/mol. The molecule has 0 saturated carbocycles. The molecule has 3 aromatic carbocycles. The fourth-order valence-electron chi connectivity index (χ4n) is 2.49. The second-order valence-corrected chi connectivity index (χ2v) is 6.35. The number of nitrogens with one attached hydrogen (secondary N) is 2. The lowest BCUT2D eigenvalue weighted by atomic mass is 10.2. The van der Waals surface area contributed by atoms with Gasteiger partial charge >= 0.3 is 17.8 Å². The number of hydrogen-bond donors (Lipinski definition) is 2. The fraction of sp³-hybridized carbons (Fsp3) is 0.0435. The van der Waals surface area contributed by atoms with Crippen molar-refractivity contribution in [1.82, 2.24) is 5.43 Å². The van der Waals surface area contributed by atoms with Gasteiger partial charge in [-0.2, -0.15) is 5.10 Å². The molecule has 3 aromatic rings. The summed E-state index contributed by atoms with van der Waals surface area (Å²) < 4.78 is 23.3. The summed E-state index contributed by atoms with van der Waals surface area (Å²) in [4.78, 5) is 35.9. The highest BCUT2D eigenvalue weighted by molar-refractivity contribution is 6.39. The van der Waals surface area contributed by atoms with E-state index in [1.807, 2.05) is 0 Å². The molecule has 0 unspecified atom stereocenters. The lowest BCUT2D eigenvalue weighted by Crippen LogP contribution is -2.32. The third-order valence-electron chi connectivity index (χ3n) is 4.08. The second-order valence-electron chi connectivity index (χ2n) is 6.35. The first-order valence-corrected chi connectivity index (χ1v) is 9.31. The van der Waals surface area contributed by atoms with Crippen LogP contribution in [0, 0.1) is 5.82 Å². The van der Waals surface area contributed by atoms with Gasteiger partial charge in [0.2, 0.25) is 0 Å². The summed E-state index contributed by atoms with van der Waals surface area (Å²) in [6, 6.07) is 17.8. The normalized spacial score (nSPS) is 10.4. The Labute approximate surface area is 182 Å². The van der Waals surface area contributed by atoms with Crippen LogP contribution in [0.4, 0.5) is 10.1 Å². The van der Waals surface area contributed by atoms with Crippen molar-refractivity contribution in [2.24, 2.45) is 5.10 Å². The number of nitrogens with zero attached hydrogens (tertiary/aromatic N) is 1. The van der Waals surface area contributed by atoms with Crippen molar-refractivity contribution in [2.45, 2.75) is 0 Å². The van der Waals surface area contributed by atoms with Gasteiger partial charge in [-0.3, -0.25) is 9.59 Å². The largest absolute Gasteiger partial charge is 0.497 e. The second kappa shape index (κ2) is 10.5. The van der Waals surface area contributed by atoms with Gasteiger partial charge in [0.1, 0.15) is 17.3 Å². The molecule has 9 heteroatoms. The van der Waals surface area contributed by atoms with Crippen molar-refractivity contribution in [3.8, 4) is 11.5 Å². The number of carbonyl (C=O) groups excluding carboxylic acids is 3. The van der Waals surface area contributed by atoms with E-state index in [-0.39, 0.29) is 11.4 Å². The summed E-state index contributed by atoms with van der Waals surface area (Å²) in [6.45, 7) is 0. The molecule has 2 amide bonds. The number of hydrogen-bond acceptors (Lipinski definition) is 6. The van der Waals surface area contributed by atoms with E-state index in [9.17, 15) is 18.8 Å². The molecule has 0 aliphatic rings. The molecule has 0 bridgehead atoms. The molecule has 0 heterocycles. The molecule has 8 nitrogen and oxygen atoms in total. The zero-order valence-corrected chi connectivity index (χ0v) is 16.9. The van der Waals surface area contributed by atoms with Crippen LogP contribution in [0.2, 0.25) is 0 Å². The highest BCUT2D eigenvalue weighted by Crippen LogP contribution is 2.16. The van der Waals surface area contributed by atoms with E-state index in [1.54, 1.807) is 42.5 Å². The first-order valence-electron chi connectivity index (χ1n) is 9.31. The highest BCUT2D eigenvalue weighted by atomic mass is 19.1. The van der Waals surface area contributed by atoms with Gasteiger partial charge in [0.25, 0.3) is 0 Å². The summed E-state index contributed by atoms with van der Waals surface area (Å²) in [5, 5.41) is 6.03. The third-order valence-corrected chi connectivity index (χ3v) is 4.08. The molecule has 0 fully saturated rings. The van der Waals surface area contributed by atoms with E-state index >= 15 is 0 Å². The summed E-state index contributed by atoms with van der Waals surface area (Å²) in [6.07, 6.45) is 1.29. The maximum Gasteiger partial charge on any atom is 0.343 e. The Morgan fingerprint density at radius 3 is 2.31 bits per heavy atom. The van der Waals surface area contributed by atoms with Crippen LogP contribution in [-0.4, -0.2) is 31.1 Å². The van der Waals surface area contributed by atoms with Crippen molar-refractivity contribution >= 4 is 29.7 Å². The standard InChI is InChI=1S/C23H18FN3O5/c1-31-19-11-5-16(6-12-19)23(30)32-20-4-2-3-15(13-20)14-25-27-22(29)21(28)26-18-9-7-17(24)8-10-18/h2-14H,1H3,(H,26,28)(H,27,29). The predicted octanol–water partition coefficient (Wildman–Crippen LogP) is 3.14. The molecule has 0 radical (unpaired) electrons. The van der Waals surface area contributed by atoms with Crippen LogP contribution in [0.3, 0.4) is 0 Å². The van der Waals surface area contributed by atoms with Crippen molar-refractivity contribution in [3.63, 3.8) is 0 Å². The number of benzene rings is 3. The molecule has 32 heavy (non-hydrogen) atoms. The minimum absolute atomic E-state index is 0.266. The van der Waals surface area contributed by atoms with Gasteiger partial charge < -0.3 is 14.8 Å². The van der Waals surface area contributed by atoms with Crippen molar-refractivity contribution in [1.29, 1.82) is 0 Å². The number of hydrazone groups is 1. The number of carbonyl (C=O) groups is 3. The zero-order valence-electron chi connectivity index (χ0n) is 16.9. The van der Waals surface area contributed by atoms with Crippen LogP contribution < -0.4 is 20.2 Å². The van der Waals surface area contributed by atoms with Crippen molar-refractivity contribution in [3.05, 3.63) is 89.7 Å². The zero-order chi connectivity index (χ0) is 22.9. The molecule has 0 atom stereocenters. The molecular formula is C23H18FN3O5. The first kappa shape index (κ1) is 22.2. The van der Waals surface area contributed by atoms with E-state index in [0.717, 1.165) is 12.1 Å². The van der Waals surface area contributed by atoms with Gasteiger partial charge in [0, 0.05) is 5.69 Å². The fourth-order valence-corrected chi connectivity index (χ4v) is 2.49. The van der Waals surface area contributed by atoms with E-state index < -0.39 is 23.6 Å². The van der Waals surface area contributed by atoms with E-state index in [2.05, 4.69) is 15.8 Å². The molecule has 2 N–H and O–H groups in total. The Balaban J connectivity index is 1.55. The van der Waals surface area contributed by atoms with E-state index in [0.29, 0.717) is 16.9 Å². The monoisotopic (exact) mass is 435 g/mol. The number of ether oxygens (including phenoxy) is 2. The predicted molar refractivity (Wildman–Crippen MR) is 115 cm³/mol. The summed E-state index contributed by atoms with van der Waals surface area (Å²) in [7, 11) is 1.53. The van der Waals surface area contributed by atoms with Crippen molar-refractivity contribution in [2.75, 3.05) is 12.4 Å². The van der Waals surface area contributed by atoms with Crippen LogP contribution >= 0.6 is 0 Å². The minimum atomic E-state index is -1.01. The molecule has 0 aliphatic heterocycles. The number of amides is 2. The number of esters is 1. The Morgan fingerprint density at radius 1 is 0.906 bits per heavy atom. The summed E-state index contributed by atoms with van der Waals surface area (Å²) in [5.41, 5.74) is 3.22. The highest BCUT2D eigenvalue weighted by Gasteiger charge is 2.13. The molecule has 0 aliphatic carbocycles. The maximum absolute atomic E-state index is 12.9.